The van der Waals surface area contributed by atoms with E-state index in [1.165, 1.54) is 22.8 Å². The quantitative estimate of drug-likeness (QED) is 0.613. The van der Waals surface area contributed by atoms with E-state index in [0.29, 0.717) is 16.6 Å². The fourth-order valence-electron chi connectivity index (χ4n) is 2.69. The van der Waals surface area contributed by atoms with Gasteiger partial charge in [0.1, 0.15) is 0 Å². The summed E-state index contributed by atoms with van der Waals surface area (Å²) in [5.74, 6) is -1.03. The molecule has 0 spiro atoms. The van der Waals surface area contributed by atoms with Crippen LogP contribution in [-0.4, -0.2) is 21.4 Å². The zero-order valence-corrected chi connectivity index (χ0v) is 14.7. The van der Waals surface area contributed by atoms with E-state index in [1.807, 2.05) is 0 Å². The van der Waals surface area contributed by atoms with Gasteiger partial charge in [0.2, 0.25) is 11.8 Å². The first-order valence-electron chi connectivity index (χ1n) is 7.98. The molecule has 0 saturated heterocycles. The van der Waals surface area contributed by atoms with Crippen molar-refractivity contribution in [3.8, 4) is 0 Å². The van der Waals surface area contributed by atoms with Crippen molar-refractivity contribution in [3.63, 3.8) is 0 Å². The number of H-pyrrole nitrogens is 1. The summed E-state index contributed by atoms with van der Waals surface area (Å²) in [5.41, 5.74) is 5.13. The highest BCUT2D eigenvalue weighted by Gasteiger charge is 2.11. The molecule has 1 heterocycles. The topological polar surface area (TPSA) is 127 Å². The second kappa shape index (κ2) is 7.46. The Morgan fingerprint density at radius 2 is 1.89 bits per heavy atom. The molecule has 2 amide bonds. The number of rotatable bonds is 5. The third-order valence-corrected chi connectivity index (χ3v) is 4.30. The van der Waals surface area contributed by atoms with Gasteiger partial charge in [-0.25, -0.2) is 4.79 Å². The Morgan fingerprint density at radius 3 is 2.59 bits per heavy atom. The molecule has 2 aromatic carbocycles. The van der Waals surface area contributed by atoms with Crippen LogP contribution in [0.4, 0.5) is 5.69 Å². The largest absolute Gasteiger partial charge is 0.366 e. The number of amides is 2. The summed E-state index contributed by atoms with van der Waals surface area (Å²) in [7, 11) is 0. The molecule has 0 atom stereocenters. The molecule has 0 radical (unpaired) electrons. The number of hydrogen-bond donors (Lipinski definition) is 3. The normalized spacial score (nSPS) is 10.7. The maximum absolute atomic E-state index is 12.2. The summed E-state index contributed by atoms with van der Waals surface area (Å²) in [6.45, 7) is 0.0784. The average molecular weight is 387 g/mol. The molecule has 0 unspecified atom stereocenters. The minimum atomic E-state index is -0.665. The lowest BCUT2D eigenvalue weighted by molar-refractivity contribution is -0.116. The van der Waals surface area contributed by atoms with Crippen LogP contribution in [-0.2, 0) is 11.3 Å². The molecule has 1 aromatic heterocycles. The van der Waals surface area contributed by atoms with Gasteiger partial charge in [-0.2, -0.15) is 0 Å². The van der Waals surface area contributed by atoms with E-state index in [1.54, 1.807) is 24.3 Å². The lowest BCUT2D eigenvalue weighted by Crippen LogP contribution is -2.31. The molecule has 0 bridgehead atoms. The first kappa shape index (κ1) is 18.4. The number of primary amides is 1. The standard InChI is InChI=1S/C18H15ClN4O4/c19-13-9-10(5-6-11(13)16(20)25)21-15(24)7-8-23-14-4-2-1-3-12(14)17(26)22-18(23)27/h1-6,9H,7-8H2,(H2,20,25)(H,21,24)(H,22,26,27). The summed E-state index contributed by atoms with van der Waals surface area (Å²) >= 11 is 5.95. The highest BCUT2D eigenvalue weighted by molar-refractivity contribution is 6.34. The van der Waals surface area contributed by atoms with Crippen molar-refractivity contribution < 1.29 is 9.59 Å². The number of carbonyl (C=O) groups excluding carboxylic acids is 2. The summed E-state index contributed by atoms with van der Waals surface area (Å²) in [6.07, 6.45) is -0.00879. The summed E-state index contributed by atoms with van der Waals surface area (Å²) in [5, 5.41) is 3.13. The van der Waals surface area contributed by atoms with E-state index < -0.39 is 17.2 Å². The Bertz CT molecular complexity index is 1170. The monoisotopic (exact) mass is 386 g/mol. The number of nitrogens with zero attached hydrogens (tertiary/aromatic N) is 1. The maximum Gasteiger partial charge on any atom is 0.328 e. The van der Waals surface area contributed by atoms with Crippen molar-refractivity contribution >= 4 is 40.0 Å². The third-order valence-electron chi connectivity index (χ3n) is 3.99. The SMILES string of the molecule is NC(=O)c1ccc(NC(=O)CCn2c(=O)[nH]c(=O)c3ccccc32)cc1Cl. The van der Waals surface area contributed by atoms with Crippen LogP contribution in [0, 0.1) is 0 Å². The van der Waals surface area contributed by atoms with Crippen LogP contribution in [0.25, 0.3) is 10.9 Å². The smallest absolute Gasteiger partial charge is 0.328 e. The van der Waals surface area contributed by atoms with Gasteiger partial charge in [-0.3, -0.25) is 23.9 Å². The highest BCUT2D eigenvalue weighted by atomic mass is 35.5. The fourth-order valence-corrected chi connectivity index (χ4v) is 2.97. The van der Waals surface area contributed by atoms with Crippen molar-refractivity contribution in [2.75, 3.05) is 5.32 Å². The van der Waals surface area contributed by atoms with Crippen LogP contribution >= 0.6 is 11.6 Å². The predicted molar refractivity (Wildman–Crippen MR) is 102 cm³/mol. The Hall–Kier alpha value is -3.39. The minimum absolute atomic E-state index is 0.00879. The number of nitrogens with one attached hydrogen (secondary N) is 2. The number of benzene rings is 2. The molecule has 138 valence electrons. The second-order valence-corrected chi connectivity index (χ2v) is 6.19. The first-order chi connectivity index (χ1) is 12.9. The Morgan fingerprint density at radius 1 is 1.15 bits per heavy atom. The number of nitrogens with two attached hydrogens (primary N) is 1. The molecule has 27 heavy (non-hydrogen) atoms. The first-order valence-corrected chi connectivity index (χ1v) is 8.35. The number of halogens is 1. The number of para-hydroxylation sites is 1. The summed E-state index contributed by atoms with van der Waals surface area (Å²) in [4.78, 5) is 49.5. The lowest BCUT2D eigenvalue weighted by atomic mass is 10.2. The van der Waals surface area contributed by atoms with Crippen LogP contribution in [0.5, 0.6) is 0 Å². The Balaban J connectivity index is 1.76. The van der Waals surface area contributed by atoms with Crippen LogP contribution in [0.1, 0.15) is 16.8 Å². The van der Waals surface area contributed by atoms with Crippen molar-refractivity contribution in [1.82, 2.24) is 9.55 Å². The van der Waals surface area contributed by atoms with Gasteiger partial charge in [0.05, 0.1) is 21.5 Å². The van der Waals surface area contributed by atoms with E-state index in [-0.39, 0.29) is 29.5 Å². The van der Waals surface area contributed by atoms with Gasteiger partial charge in [-0.1, -0.05) is 23.7 Å². The molecular formula is C18H15ClN4O4. The van der Waals surface area contributed by atoms with Gasteiger partial charge >= 0.3 is 5.69 Å². The van der Waals surface area contributed by atoms with Crippen LogP contribution in [0.2, 0.25) is 5.02 Å². The van der Waals surface area contributed by atoms with Gasteiger partial charge in [0.15, 0.2) is 0 Å². The van der Waals surface area contributed by atoms with Crippen LogP contribution < -0.4 is 22.3 Å². The van der Waals surface area contributed by atoms with Crippen molar-refractivity contribution in [2.24, 2.45) is 5.73 Å². The summed E-state index contributed by atoms with van der Waals surface area (Å²) in [6, 6.07) is 11.0. The van der Waals surface area contributed by atoms with E-state index in [2.05, 4.69) is 10.3 Å². The minimum Gasteiger partial charge on any atom is -0.366 e. The van der Waals surface area contributed by atoms with E-state index in [4.69, 9.17) is 17.3 Å². The molecule has 4 N–H and O–H groups in total. The van der Waals surface area contributed by atoms with E-state index in [0.717, 1.165) is 0 Å². The number of carbonyl (C=O) groups is 2. The van der Waals surface area contributed by atoms with Crippen molar-refractivity contribution in [1.29, 1.82) is 0 Å². The third kappa shape index (κ3) is 3.90. The van der Waals surface area contributed by atoms with Crippen LogP contribution in [0.3, 0.4) is 0 Å². The number of aromatic amines is 1. The molecule has 0 aliphatic heterocycles. The van der Waals surface area contributed by atoms with Gasteiger partial charge in [-0.05, 0) is 30.3 Å². The highest BCUT2D eigenvalue weighted by Crippen LogP contribution is 2.20. The fraction of sp³-hybridized carbons (Fsp3) is 0.111. The van der Waals surface area contributed by atoms with E-state index >= 15 is 0 Å². The van der Waals surface area contributed by atoms with Crippen molar-refractivity contribution in [3.05, 3.63) is 73.9 Å². The van der Waals surface area contributed by atoms with Gasteiger partial charge in [0.25, 0.3) is 5.56 Å². The van der Waals surface area contributed by atoms with Gasteiger partial charge < -0.3 is 11.1 Å². The second-order valence-electron chi connectivity index (χ2n) is 5.79. The van der Waals surface area contributed by atoms with Gasteiger partial charge in [-0.15, -0.1) is 0 Å². The van der Waals surface area contributed by atoms with E-state index in [9.17, 15) is 19.2 Å². The number of aryl methyl sites for hydroxylation is 1. The molecule has 8 nitrogen and oxygen atoms in total. The number of fused-ring (bicyclic) bond motifs is 1. The Labute approximate surface area is 157 Å². The zero-order chi connectivity index (χ0) is 19.6. The van der Waals surface area contributed by atoms with Crippen molar-refractivity contribution in [2.45, 2.75) is 13.0 Å². The Kier molecular flexibility index (Phi) is 5.09. The molecule has 0 fully saturated rings. The zero-order valence-electron chi connectivity index (χ0n) is 14.0. The molecule has 9 heteroatoms. The average Bonchev–Trinajstić information content (AvgIpc) is 2.61. The molecule has 3 aromatic rings. The predicted octanol–water partition coefficient (Wildman–Crippen LogP) is 1.47. The number of hydrogen-bond acceptors (Lipinski definition) is 4. The molecular weight excluding hydrogens is 372 g/mol. The lowest BCUT2D eigenvalue weighted by Gasteiger charge is -2.10. The number of anilines is 1. The molecule has 0 saturated carbocycles. The number of aromatic nitrogens is 2. The van der Waals surface area contributed by atoms with Crippen LogP contribution in [0.15, 0.2) is 52.1 Å². The molecule has 0 aliphatic rings. The maximum atomic E-state index is 12.2. The van der Waals surface area contributed by atoms with Gasteiger partial charge in [0, 0.05) is 18.7 Å². The molecule has 0 aliphatic carbocycles. The molecule has 3 rings (SSSR count). The summed E-state index contributed by atoms with van der Waals surface area (Å²) < 4.78 is 1.33.